The van der Waals surface area contributed by atoms with E-state index < -0.39 is 0 Å². The molecule has 27 heavy (non-hydrogen) atoms. The molecule has 2 aliphatic heterocycles. The zero-order valence-corrected chi connectivity index (χ0v) is 17.5. The first kappa shape index (κ1) is 19.0. The Morgan fingerprint density at radius 1 is 1.04 bits per heavy atom. The van der Waals surface area contributed by atoms with Crippen molar-refractivity contribution >= 4 is 5.91 Å². The molecule has 3 heteroatoms. The van der Waals surface area contributed by atoms with Gasteiger partial charge in [-0.05, 0) is 82.9 Å². The van der Waals surface area contributed by atoms with Crippen LogP contribution < -0.4 is 0 Å². The number of amides is 1. The Morgan fingerprint density at radius 3 is 2.33 bits per heavy atom. The number of aryl methyl sites for hydroxylation is 2. The fourth-order valence-corrected chi connectivity index (χ4v) is 5.31. The molecular formula is C24H36N2O. The minimum Gasteiger partial charge on any atom is -0.342 e. The first-order valence-corrected chi connectivity index (χ1v) is 11.1. The third kappa shape index (κ3) is 4.08. The first-order valence-electron chi connectivity index (χ1n) is 11.1. The van der Waals surface area contributed by atoms with Gasteiger partial charge in [0.2, 0.25) is 5.91 Å². The standard InChI is InChI=1S/C24H36N2O/c1-18-6-11-25(12-7-18)16-21-5-4-10-26(17-21)23(27)24(8-9-24)22-14-19(2)13-20(3)15-22/h13-15,18,21H,4-12,16-17H2,1-3H3. The lowest BCUT2D eigenvalue weighted by atomic mass is 9.89. The van der Waals surface area contributed by atoms with Gasteiger partial charge in [0.25, 0.3) is 0 Å². The van der Waals surface area contributed by atoms with E-state index in [-0.39, 0.29) is 5.41 Å². The molecule has 0 N–H and O–H groups in total. The number of benzene rings is 1. The van der Waals surface area contributed by atoms with E-state index in [9.17, 15) is 4.79 Å². The molecule has 3 aliphatic rings. The molecule has 2 heterocycles. The highest BCUT2D eigenvalue weighted by Gasteiger charge is 2.53. The highest BCUT2D eigenvalue weighted by molar-refractivity contribution is 5.91. The van der Waals surface area contributed by atoms with E-state index in [1.807, 2.05) is 0 Å². The number of nitrogens with zero attached hydrogens (tertiary/aromatic N) is 2. The van der Waals surface area contributed by atoms with Crippen molar-refractivity contribution in [1.82, 2.24) is 9.80 Å². The molecule has 1 amide bonds. The predicted molar refractivity (Wildman–Crippen MR) is 111 cm³/mol. The van der Waals surface area contributed by atoms with Gasteiger partial charge in [-0.15, -0.1) is 0 Å². The monoisotopic (exact) mass is 368 g/mol. The summed E-state index contributed by atoms with van der Waals surface area (Å²) in [5.41, 5.74) is 3.61. The lowest BCUT2D eigenvalue weighted by Gasteiger charge is -2.39. The summed E-state index contributed by atoms with van der Waals surface area (Å²) in [5.74, 6) is 1.95. The molecule has 1 saturated carbocycles. The van der Waals surface area contributed by atoms with Gasteiger partial charge in [0, 0.05) is 19.6 Å². The number of piperidine rings is 2. The molecule has 3 nitrogen and oxygen atoms in total. The van der Waals surface area contributed by atoms with Gasteiger partial charge in [-0.25, -0.2) is 0 Å². The van der Waals surface area contributed by atoms with Gasteiger partial charge in [-0.1, -0.05) is 36.2 Å². The number of hydrogen-bond donors (Lipinski definition) is 0. The lowest BCUT2D eigenvalue weighted by Crippen LogP contribution is -2.48. The SMILES string of the molecule is Cc1cc(C)cc(C2(C(=O)N3CCCC(CN4CCC(C)CC4)C3)CC2)c1. The first-order chi connectivity index (χ1) is 13.0. The second kappa shape index (κ2) is 7.58. The third-order valence-electron chi connectivity index (χ3n) is 7.13. The predicted octanol–water partition coefficient (Wildman–Crippen LogP) is 4.31. The molecule has 148 valence electrons. The van der Waals surface area contributed by atoms with Crippen LogP contribution >= 0.6 is 0 Å². The highest BCUT2D eigenvalue weighted by Crippen LogP contribution is 2.50. The van der Waals surface area contributed by atoms with E-state index in [1.165, 1.54) is 62.0 Å². The summed E-state index contributed by atoms with van der Waals surface area (Å²) in [4.78, 5) is 18.4. The Bertz CT molecular complexity index is 665. The van der Waals surface area contributed by atoms with Crippen molar-refractivity contribution in [3.8, 4) is 0 Å². The fourth-order valence-electron chi connectivity index (χ4n) is 5.31. The maximum Gasteiger partial charge on any atom is 0.233 e. The number of carbonyl (C=O) groups excluding carboxylic acids is 1. The molecule has 0 radical (unpaired) electrons. The molecule has 1 atom stereocenters. The molecule has 1 aromatic rings. The molecule has 3 fully saturated rings. The second-order valence-corrected chi connectivity index (χ2v) is 9.70. The van der Waals surface area contributed by atoms with E-state index in [0.717, 1.165) is 31.8 Å². The summed E-state index contributed by atoms with van der Waals surface area (Å²) in [5, 5.41) is 0. The van der Waals surface area contributed by atoms with Gasteiger partial charge >= 0.3 is 0 Å². The fraction of sp³-hybridized carbons (Fsp3) is 0.708. The second-order valence-electron chi connectivity index (χ2n) is 9.70. The number of carbonyl (C=O) groups is 1. The smallest absolute Gasteiger partial charge is 0.233 e. The summed E-state index contributed by atoms with van der Waals surface area (Å²) in [6, 6.07) is 6.70. The van der Waals surface area contributed by atoms with E-state index in [4.69, 9.17) is 0 Å². The van der Waals surface area contributed by atoms with Crippen LogP contribution in [0.15, 0.2) is 18.2 Å². The molecule has 4 rings (SSSR count). The Labute approximate surface area is 165 Å². The molecule has 0 spiro atoms. The summed E-state index contributed by atoms with van der Waals surface area (Å²) in [7, 11) is 0. The van der Waals surface area contributed by atoms with Crippen molar-refractivity contribution in [3.63, 3.8) is 0 Å². The minimum atomic E-state index is -0.209. The van der Waals surface area contributed by atoms with E-state index >= 15 is 0 Å². The van der Waals surface area contributed by atoms with E-state index in [1.54, 1.807) is 0 Å². The van der Waals surface area contributed by atoms with Gasteiger partial charge in [0.05, 0.1) is 5.41 Å². The summed E-state index contributed by atoms with van der Waals surface area (Å²) >= 11 is 0. The van der Waals surface area contributed by atoms with Gasteiger partial charge in [-0.3, -0.25) is 4.79 Å². The van der Waals surface area contributed by atoms with Gasteiger partial charge in [0.15, 0.2) is 0 Å². The number of likely N-dealkylation sites (tertiary alicyclic amines) is 2. The van der Waals surface area contributed by atoms with Crippen LogP contribution in [0.25, 0.3) is 0 Å². The van der Waals surface area contributed by atoms with Crippen LogP contribution in [0.3, 0.4) is 0 Å². The Hall–Kier alpha value is -1.35. The minimum absolute atomic E-state index is 0.209. The summed E-state index contributed by atoms with van der Waals surface area (Å²) in [6.07, 6.45) is 7.19. The van der Waals surface area contributed by atoms with Gasteiger partial charge < -0.3 is 9.80 Å². The van der Waals surface area contributed by atoms with Crippen LogP contribution in [0, 0.1) is 25.7 Å². The number of hydrogen-bond acceptors (Lipinski definition) is 2. The molecule has 0 aromatic heterocycles. The molecule has 1 aromatic carbocycles. The van der Waals surface area contributed by atoms with Crippen molar-refractivity contribution in [2.75, 3.05) is 32.7 Å². The third-order valence-corrected chi connectivity index (χ3v) is 7.13. The quantitative estimate of drug-likeness (QED) is 0.791. The van der Waals surface area contributed by atoms with Gasteiger partial charge in [0.1, 0.15) is 0 Å². The Balaban J connectivity index is 1.41. The van der Waals surface area contributed by atoms with E-state index in [2.05, 4.69) is 48.8 Å². The van der Waals surface area contributed by atoms with Crippen molar-refractivity contribution in [2.24, 2.45) is 11.8 Å². The Morgan fingerprint density at radius 2 is 1.70 bits per heavy atom. The average molecular weight is 369 g/mol. The maximum absolute atomic E-state index is 13.5. The van der Waals surface area contributed by atoms with Gasteiger partial charge in [-0.2, -0.15) is 0 Å². The Kier molecular flexibility index (Phi) is 5.33. The topological polar surface area (TPSA) is 23.6 Å². The van der Waals surface area contributed by atoms with Crippen LogP contribution in [0.2, 0.25) is 0 Å². The van der Waals surface area contributed by atoms with Crippen molar-refractivity contribution in [3.05, 3.63) is 34.9 Å². The summed E-state index contributed by atoms with van der Waals surface area (Å²) in [6.45, 7) is 12.3. The van der Waals surface area contributed by atoms with Crippen molar-refractivity contribution in [1.29, 1.82) is 0 Å². The largest absolute Gasteiger partial charge is 0.342 e. The summed E-state index contributed by atoms with van der Waals surface area (Å²) < 4.78 is 0. The van der Waals surface area contributed by atoms with Crippen LogP contribution in [0.4, 0.5) is 0 Å². The molecule has 0 bridgehead atoms. The van der Waals surface area contributed by atoms with Crippen LogP contribution in [0.5, 0.6) is 0 Å². The molecular weight excluding hydrogens is 332 g/mol. The highest BCUT2D eigenvalue weighted by atomic mass is 16.2. The molecule has 1 unspecified atom stereocenters. The normalized spacial score (nSPS) is 26.2. The van der Waals surface area contributed by atoms with Crippen molar-refractivity contribution < 1.29 is 4.79 Å². The average Bonchev–Trinajstić information content (AvgIpc) is 3.44. The van der Waals surface area contributed by atoms with Crippen LogP contribution in [0.1, 0.15) is 62.1 Å². The maximum atomic E-state index is 13.5. The number of rotatable bonds is 4. The zero-order chi connectivity index (χ0) is 19.0. The molecule has 2 saturated heterocycles. The van der Waals surface area contributed by atoms with Crippen LogP contribution in [-0.2, 0) is 10.2 Å². The van der Waals surface area contributed by atoms with Crippen LogP contribution in [-0.4, -0.2) is 48.4 Å². The molecule has 1 aliphatic carbocycles. The van der Waals surface area contributed by atoms with E-state index in [0.29, 0.717) is 11.8 Å². The zero-order valence-electron chi connectivity index (χ0n) is 17.5. The lowest BCUT2D eigenvalue weighted by molar-refractivity contribution is -0.136. The van der Waals surface area contributed by atoms with Crippen molar-refractivity contribution in [2.45, 2.75) is 64.7 Å².